The molecule has 0 radical (unpaired) electrons. The molecule has 0 spiro atoms. The number of benzene rings is 2. The van der Waals surface area contributed by atoms with E-state index in [1.165, 1.54) is 5.56 Å². The zero-order valence-corrected chi connectivity index (χ0v) is 12.3. The molecule has 0 aliphatic carbocycles. The molecule has 2 aromatic carbocycles. The van der Waals surface area contributed by atoms with E-state index in [9.17, 15) is 5.11 Å². The van der Waals surface area contributed by atoms with E-state index in [0.717, 1.165) is 16.7 Å². The minimum absolute atomic E-state index is 0.385. The molecule has 0 fully saturated rings. The molecule has 21 heavy (non-hydrogen) atoms. The van der Waals surface area contributed by atoms with Gasteiger partial charge >= 0.3 is 0 Å². The number of rotatable bonds is 4. The summed E-state index contributed by atoms with van der Waals surface area (Å²) in [4.78, 5) is 4.40. The van der Waals surface area contributed by atoms with Crippen LogP contribution in [0.1, 0.15) is 42.9 Å². The van der Waals surface area contributed by atoms with Gasteiger partial charge in [0.1, 0.15) is 5.52 Å². The standard InChI is InChI=1S/C18H19NO2/c1-12(2)13-7-9-14(10-8-13)16(20)11-18-19-15-5-3-4-6-17(15)21-18/h3-10,12,16,20H,11H2,1-2H3. The van der Waals surface area contributed by atoms with E-state index in [0.29, 0.717) is 18.2 Å². The van der Waals surface area contributed by atoms with E-state index in [4.69, 9.17) is 4.42 Å². The quantitative estimate of drug-likeness (QED) is 0.778. The number of fused-ring (bicyclic) bond motifs is 1. The van der Waals surface area contributed by atoms with Gasteiger partial charge in [0, 0.05) is 0 Å². The minimum Gasteiger partial charge on any atom is -0.441 e. The highest BCUT2D eigenvalue weighted by atomic mass is 16.4. The Hall–Kier alpha value is -2.13. The predicted octanol–water partition coefficient (Wildman–Crippen LogP) is 4.23. The van der Waals surface area contributed by atoms with E-state index in [1.54, 1.807) is 0 Å². The summed E-state index contributed by atoms with van der Waals surface area (Å²) in [5.41, 5.74) is 3.75. The Balaban J connectivity index is 1.77. The largest absolute Gasteiger partial charge is 0.441 e. The molecule has 1 unspecified atom stereocenters. The van der Waals surface area contributed by atoms with Crippen molar-refractivity contribution < 1.29 is 9.52 Å². The first-order valence-corrected chi connectivity index (χ1v) is 7.26. The second-order valence-electron chi connectivity index (χ2n) is 5.62. The van der Waals surface area contributed by atoms with Gasteiger partial charge in [-0.3, -0.25) is 0 Å². The number of aromatic nitrogens is 1. The van der Waals surface area contributed by atoms with Gasteiger partial charge in [0.15, 0.2) is 11.5 Å². The monoisotopic (exact) mass is 281 g/mol. The minimum atomic E-state index is -0.598. The smallest absolute Gasteiger partial charge is 0.198 e. The van der Waals surface area contributed by atoms with Crippen LogP contribution in [0, 0.1) is 0 Å². The Bertz CT molecular complexity index is 695. The van der Waals surface area contributed by atoms with Crippen molar-refractivity contribution in [2.24, 2.45) is 0 Å². The zero-order chi connectivity index (χ0) is 14.8. The summed E-state index contributed by atoms with van der Waals surface area (Å²) in [5.74, 6) is 1.06. The molecule has 0 aliphatic rings. The molecule has 0 aliphatic heterocycles. The van der Waals surface area contributed by atoms with Crippen LogP contribution in [0.3, 0.4) is 0 Å². The Kier molecular flexibility index (Phi) is 3.76. The molecule has 0 saturated heterocycles. The van der Waals surface area contributed by atoms with Crippen LogP contribution in [-0.4, -0.2) is 10.1 Å². The van der Waals surface area contributed by atoms with Crippen molar-refractivity contribution >= 4 is 11.1 Å². The third-order valence-electron chi connectivity index (χ3n) is 3.69. The second-order valence-corrected chi connectivity index (χ2v) is 5.62. The van der Waals surface area contributed by atoms with Crippen molar-refractivity contribution in [3.8, 4) is 0 Å². The van der Waals surface area contributed by atoms with E-state index in [-0.39, 0.29) is 0 Å². The normalized spacial score (nSPS) is 13.0. The molecule has 1 aromatic heterocycles. The van der Waals surface area contributed by atoms with Crippen LogP contribution in [0.4, 0.5) is 0 Å². The summed E-state index contributed by atoms with van der Waals surface area (Å²) in [6.45, 7) is 4.31. The van der Waals surface area contributed by atoms with Crippen LogP contribution in [0.2, 0.25) is 0 Å². The molecule has 3 heteroatoms. The first kappa shape index (κ1) is 13.8. The first-order chi connectivity index (χ1) is 10.1. The number of oxazole rings is 1. The maximum Gasteiger partial charge on any atom is 0.198 e. The van der Waals surface area contributed by atoms with Crippen LogP contribution < -0.4 is 0 Å². The highest BCUT2D eigenvalue weighted by Gasteiger charge is 2.13. The van der Waals surface area contributed by atoms with Gasteiger partial charge in [-0.05, 0) is 29.2 Å². The van der Waals surface area contributed by atoms with Crippen molar-refractivity contribution in [3.63, 3.8) is 0 Å². The van der Waals surface area contributed by atoms with Crippen molar-refractivity contribution in [1.29, 1.82) is 0 Å². The zero-order valence-electron chi connectivity index (χ0n) is 12.3. The van der Waals surface area contributed by atoms with Gasteiger partial charge in [0.25, 0.3) is 0 Å². The summed E-state index contributed by atoms with van der Waals surface area (Å²) < 4.78 is 5.65. The number of para-hydroxylation sites is 2. The van der Waals surface area contributed by atoms with E-state index in [2.05, 4.69) is 31.0 Å². The topological polar surface area (TPSA) is 46.3 Å². The summed E-state index contributed by atoms with van der Waals surface area (Å²) in [5, 5.41) is 10.3. The van der Waals surface area contributed by atoms with Gasteiger partial charge in [-0.15, -0.1) is 0 Å². The average molecular weight is 281 g/mol. The van der Waals surface area contributed by atoms with Crippen molar-refractivity contribution in [2.45, 2.75) is 32.3 Å². The van der Waals surface area contributed by atoms with Crippen LogP contribution in [0.25, 0.3) is 11.1 Å². The fourth-order valence-electron chi connectivity index (χ4n) is 2.39. The van der Waals surface area contributed by atoms with Crippen molar-refractivity contribution in [1.82, 2.24) is 4.98 Å². The maximum atomic E-state index is 10.3. The average Bonchev–Trinajstić information content (AvgIpc) is 2.89. The fraction of sp³-hybridized carbons (Fsp3) is 0.278. The third kappa shape index (κ3) is 2.98. The lowest BCUT2D eigenvalue weighted by Gasteiger charge is -2.11. The van der Waals surface area contributed by atoms with Gasteiger partial charge in [-0.25, -0.2) is 4.98 Å². The number of hydrogen-bond donors (Lipinski definition) is 1. The lowest BCUT2D eigenvalue weighted by Crippen LogP contribution is -2.02. The molecule has 1 atom stereocenters. The molecule has 0 amide bonds. The van der Waals surface area contributed by atoms with E-state index >= 15 is 0 Å². The number of aliphatic hydroxyl groups is 1. The van der Waals surface area contributed by atoms with Gasteiger partial charge < -0.3 is 9.52 Å². The van der Waals surface area contributed by atoms with Gasteiger partial charge in [0.2, 0.25) is 0 Å². The Morgan fingerprint density at radius 1 is 1.00 bits per heavy atom. The molecular formula is C18H19NO2. The van der Waals surface area contributed by atoms with Gasteiger partial charge in [0.05, 0.1) is 12.5 Å². The van der Waals surface area contributed by atoms with E-state index < -0.39 is 6.10 Å². The lowest BCUT2D eigenvalue weighted by atomic mass is 9.99. The van der Waals surface area contributed by atoms with Crippen molar-refractivity contribution in [3.05, 3.63) is 65.5 Å². The third-order valence-corrected chi connectivity index (χ3v) is 3.69. The Morgan fingerprint density at radius 2 is 1.67 bits per heavy atom. The predicted molar refractivity (Wildman–Crippen MR) is 83.2 cm³/mol. The molecule has 1 N–H and O–H groups in total. The Labute approximate surface area is 124 Å². The molecule has 3 aromatic rings. The van der Waals surface area contributed by atoms with Gasteiger partial charge in [-0.2, -0.15) is 0 Å². The highest BCUT2D eigenvalue weighted by Crippen LogP contribution is 2.23. The lowest BCUT2D eigenvalue weighted by molar-refractivity contribution is 0.169. The van der Waals surface area contributed by atoms with E-state index in [1.807, 2.05) is 36.4 Å². The molecule has 1 heterocycles. The highest BCUT2D eigenvalue weighted by molar-refractivity contribution is 5.72. The van der Waals surface area contributed by atoms with Crippen LogP contribution >= 0.6 is 0 Å². The number of hydrogen-bond acceptors (Lipinski definition) is 3. The molecule has 108 valence electrons. The SMILES string of the molecule is CC(C)c1ccc(C(O)Cc2nc3ccccc3o2)cc1. The van der Waals surface area contributed by atoms with Crippen LogP contribution in [0.15, 0.2) is 52.9 Å². The summed E-state index contributed by atoms with van der Waals surface area (Å²) in [6.07, 6.45) is -0.213. The Morgan fingerprint density at radius 3 is 2.33 bits per heavy atom. The fourth-order valence-corrected chi connectivity index (χ4v) is 2.39. The second kappa shape index (κ2) is 5.70. The maximum absolute atomic E-state index is 10.3. The van der Waals surface area contributed by atoms with Crippen LogP contribution in [-0.2, 0) is 6.42 Å². The summed E-state index contributed by atoms with van der Waals surface area (Å²) in [6, 6.07) is 15.7. The molecular weight excluding hydrogens is 262 g/mol. The van der Waals surface area contributed by atoms with Gasteiger partial charge in [-0.1, -0.05) is 50.2 Å². The summed E-state index contributed by atoms with van der Waals surface area (Å²) >= 11 is 0. The van der Waals surface area contributed by atoms with Crippen LogP contribution in [0.5, 0.6) is 0 Å². The number of nitrogens with zero attached hydrogens (tertiary/aromatic N) is 1. The molecule has 0 bridgehead atoms. The number of aliphatic hydroxyl groups excluding tert-OH is 1. The molecule has 0 saturated carbocycles. The summed E-state index contributed by atoms with van der Waals surface area (Å²) in [7, 11) is 0. The van der Waals surface area contributed by atoms with Crippen molar-refractivity contribution in [2.75, 3.05) is 0 Å². The first-order valence-electron chi connectivity index (χ1n) is 7.26. The molecule has 3 rings (SSSR count). The molecule has 3 nitrogen and oxygen atoms in total.